The molecule has 0 aliphatic carbocycles. The van der Waals surface area contributed by atoms with Crippen LogP contribution >= 0.6 is 0 Å². The van der Waals surface area contributed by atoms with Crippen LogP contribution in [0.25, 0.3) is 11.3 Å². The number of aromatic nitrogens is 3. The summed E-state index contributed by atoms with van der Waals surface area (Å²) in [7, 11) is 1.69. The molecule has 1 aromatic carbocycles. The van der Waals surface area contributed by atoms with E-state index < -0.39 is 0 Å². The van der Waals surface area contributed by atoms with Crippen molar-refractivity contribution >= 4 is 0 Å². The molecule has 1 N–H and O–H groups in total. The highest BCUT2D eigenvalue weighted by Crippen LogP contribution is 2.29. The maximum atomic E-state index is 9.56. The molecule has 1 aliphatic rings. The molecule has 24 heavy (non-hydrogen) atoms. The number of nitrogens with zero attached hydrogens (tertiary/aromatic N) is 4. The summed E-state index contributed by atoms with van der Waals surface area (Å²) in [5.41, 5.74) is 4.30. The van der Waals surface area contributed by atoms with Gasteiger partial charge in [0.05, 0.1) is 26.0 Å². The molecule has 6 heteroatoms. The molecule has 0 unspecified atom stereocenters. The fraction of sp³-hybridized carbons (Fsp3) is 0.556. The van der Waals surface area contributed by atoms with Crippen molar-refractivity contribution < 1.29 is 9.84 Å². The topological polar surface area (TPSA) is 63.4 Å². The van der Waals surface area contributed by atoms with Gasteiger partial charge in [-0.15, -0.1) is 5.10 Å². The molecule has 1 aliphatic heterocycles. The Bertz CT molecular complexity index is 690. The first-order chi connectivity index (χ1) is 11.6. The molecule has 6 nitrogen and oxygen atoms in total. The van der Waals surface area contributed by atoms with Crippen molar-refractivity contribution in [1.82, 2.24) is 19.9 Å². The molecule has 130 valence electrons. The van der Waals surface area contributed by atoms with Gasteiger partial charge in [0.25, 0.3) is 0 Å². The highest BCUT2D eigenvalue weighted by molar-refractivity contribution is 5.66. The second-order valence-electron chi connectivity index (χ2n) is 6.51. The van der Waals surface area contributed by atoms with Crippen molar-refractivity contribution in [2.75, 3.05) is 26.7 Å². The quantitative estimate of drug-likeness (QED) is 0.909. The fourth-order valence-electron chi connectivity index (χ4n) is 3.21. The first-order valence-corrected chi connectivity index (χ1v) is 8.53. The smallest absolute Gasteiger partial charge is 0.122 e. The van der Waals surface area contributed by atoms with Crippen LogP contribution in [-0.2, 0) is 6.54 Å². The van der Waals surface area contributed by atoms with E-state index in [2.05, 4.69) is 29.1 Å². The summed E-state index contributed by atoms with van der Waals surface area (Å²) in [5.74, 6) is 0.899. The highest BCUT2D eigenvalue weighted by atomic mass is 16.5. The van der Waals surface area contributed by atoms with Crippen LogP contribution in [0.5, 0.6) is 5.75 Å². The molecule has 1 saturated heterocycles. The minimum absolute atomic E-state index is 0.125. The second kappa shape index (κ2) is 7.32. The van der Waals surface area contributed by atoms with Gasteiger partial charge in [0, 0.05) is 25.2 Å². The molecule has 0 radical (unpaired) electrons. The van der Waals surface area contributed by atoms with Crippen LogP contribution in [-0.4, -0.2) is 57.8 Å². The molecule has 0 atom stereocenters. The molecule has 1 fully saturated rings. The van der Waals surface area contributed by atoms with Crippen molar-refractivity contribution in [2.45, 2.75) is 39.3 Å². The number of rotatable bonds is 5. The maximum absolute atomic E-state index is 9.56. The summed E-state index contributed by atoms with van der Waals surface area (Å²) < 4.78 is 7.27. The largest absolute Gasteiger partial charge is 0.496 e. The van der Waals surface area contributed by atoms with E-state index in [0.29, 0.717) is 0 Å². The van der Waals surface area contributed by atoms with Crippen molar-refractivity contribution in [2.24, 2.45) is 0 Å². The summed E-state index contributed by atoms with van der Waals surface area (Å²) in [5, 5.41) is 18.2. The Morgan fingerprint density at radius 2 is 1.92 bits per heavy atom. The van der Waals surface area contributed by atoms with E-state index in [1.807, 2.05) is 23.0 Å². The third kappa shape index (κ3) is 3.60. The van der Waals surface area contributed by atoms with E-state index in [4.69, 9.17) is 4.74 Å². The van der Waals surface area contributed by atoms with Gasteiger partial charge in [-0.1, -0.05) is 5.21 Å². The third-order valence-corrected chi connectivity index (χ3v) is 4.97. The van der Waals surface area contributed by atoms with Gasteiger partial charge in [-0.05, 0) is 49.9 Å². The SMILES string of the molecule is COc1ccc(-c2cn(CCN3CCC(O)CC3)nn2)c(C)c1C. The Morgan fingerprint density at radius 1 is 1.17 bits per heavy atom. The first kappa shape index (κ1) is 16.9. The van der Waals surface area contributed by atoms with Crippen molar-refractivity contribution in [3.05, 3.63) is 29.5 Å². The lowest BCUT2D eigenvalue weighted by Gasteiger charge is -2.29. The van der Waals surface area contributed by atoms with E-state index in [0.717, 1.165) is 61.6 Å². The standard InChI is InChI=1S/C18H26N4O2/c1-13-14(2)18(24-3)5-4-16(13)17-12-22(20-19-17)11-10-21-8-6-15(23)7-9-21/h4-5,12,15,23H,6-11H2,1-3H3. The van der Waals surface area contributed by atoms with E-state index in [1.54, 1.807) is 7.11 Å². The number of methoxy groups -OCH3 is 1. The van der Waals surface area contributed by atoms with Gasteiger partial charge in [0.2, 0.25) is 0 Å². The molecule has 0 saturated carbocycles. The van der Waals surface area contributed by atoms with E-state index in [9.17, 15) is 5.11 Å². The van der Waals surface area contributed by atoms with Crippen LogP contribution < -0.4 is 4.74 Å². The number of ether oxygens (including phenoxy) is 1. The number of piperidine rings is 1. The summed E-state index contributed by atoms with van der Waals surface area (Å²) in [4.78, 5) is 2.37. The molecule has 1 aromatic heterocycles. The van der Waals surface area contributed by atoms with Crippen LogP contribution in [0.1, 0.15) is 24.0 Å². The molecule has 3 rings (SSSR count). The predicted molar refractivity (Wildman–Crippen MR) is 93.2 cm³/mol. The normalized spacial score (nSPS) is 16.5. The fourth-order valence-corrected chi connectivity index (χ4v) is 3.21. The lowest BCUT2D eigenvalue weighted by Crippen LogP contribution is -2.37. The number of aliphatic hydroxyl groups is 1. The lowest BCUT2D eigenvalue weighted by molar-refractivity contribution is 0.0804. The van der Waals surface area contributed by atoms with Crippen molar-refractivity contribution in [3.8, 4) is 17.0 Å². The summed E-state index contributed by atoms with van der Waals surface area (Å²) in [6.45, 7) is 7.82. The zero-order valence-corrected chi connectivity index (χ0v) is 14.7. The molecule has 0 bridgehead atoms. The Morgan fingerprint density at radius 3 is 2.62 bits per heavy atom. The minimum Gasteiger partial charge on any atom is -0.496 e. The number of aliphatic hydroxyl groups excluding tert-OH is 1. The predicted octanol–water partition coefficient (Wildman–Crippen LogP) is 2.03. The van der Waals surface area contributed by atoms with Gasteiger partial charge in [-0.25, -0.2) is 0 Å². The third-order valence-electron chi connectivity index (χ3n) is 4.97. The van der Waals surface area contributed by atoms with Crippen molar-refractivity contribution in [3.63, 3.8) is 0 Å². The summed E-state index contributed by atoms with van der Waals surface area (Å²) in [6, 6.07) is 4.03. The monoisotopic (exact) mass is 330 g/mol. The number of benzene rings is 1. The number of hydrogen-bond acceptors (Lipinski definition) is 5. The zero-order valence-electron chi connectivity index (χ0n) is 14.7. The molecular formula is C18H26N4O2. The average molecular weight is 330 g/mol. The maximum Gasteiger partial charge on any atom is 0.122 e. The van der Waals surface area contributed by atoms with Gasteiger partial charge < -0.3 is 14.7 Å². The minimum atomic E-state index is -0.125. The Balaban J connectivity index is 1.66. The van der Waals surface area contributed by atoms with Crippen LogP contribution in [0.2, 0.25) is 0 Å². The van der Waals surface area contributed by atoms with Crippen molar-refractivity contribution in [1.29, 1.82) is 0 Å². The summed E-state index contributed by atoms with van der Waals surface area (Å²) in [6.07, 6.45) is 3.62. The van der Waals surface area contributed by atoms with Crippen LogP contribution in [0.3, 0.4) is 0 Å². The second-order valence-corrected chi connectivity index (χ2v) is 6.51. The highest BCUT2D eigenvalue weighted by Gasteiger charge is 2.17. The Labute approximate surface area is 143 Å². The number of likely N-dealkylation sites (tertiary alicyclic amines) is 1. The van der Waals surface area contributed by atoms with E-state index in [1.165, 1.54) is 5.56 Å². The van der Waals surface area contributed by atoms with Crippen LogP contribution in [0.15, 0.2) is 18.3 Å². The molecule has 0 spiro atoms. The molecule has 0 amide bonds. The zero-order chi connectivity index (χ0) is 17.1. The van der Waals surface area contributed by atoms with E-state index in [-0.39, 0.29) is 6.10 Å². The molecule has 2 aromatic rings. The average Bonchev–Trinajstić information content (AvgIpc) is 3.05. The number of hydrogen-bond donors (Lipinski definition) is 1. The van der Waals surface area contributed by atoms with Crippen LogP contribution in [0, 0.1) is 13.8 Å². The van der Waals surface area contributed by atoms with Gasteiger partial charge in [0.15, 0.2) is 0 Å². The Kier molecular flexibility index (Phi) is 5.16. The molecular weight excluding hydrogens is 304 g/mol. The van der Waals surface area contributed by atoms with E-state index >= 15 is 0 Å². The summed E-state index contributed by atoms with van der Waals surface area (Å²) >= 11 is 0. The van der Waals surface area contributed by atoms with Gasteiger partial charge in [-0.3, -0.25) is 4.68 Å². The first-order valence-electron chi connectivity index (χ1n) is 8.53. The van der Waals surface area contributed by atoms with Crippen LogP contribution in [0.4, 0.5) is 0 Å². The lowest BCUT2D eigenvalue weighted by atomic mass is 10.0. The van der Waals surface area contributed by atoms with Gasteiger partial charge in [-0.2, -0.15) is 0 Å². The van der Waals surface area contributed by atoms with Gasteiger partial charge >= 0.3 is 0 Å². The molecule has 2 heterocycles. The Hall–Kier alpha value is -1.92. The van der Waals surface area contributed by atoms with Gasteiger partial charge in [0.1, 0.15) is 11.4 Å².